The highest BCUT2D eigenvalue weighted by Gasteiger charge is 2.57. The largest absolute Gasteiger partial charge is 0.504 e. The summed E-state index contributed by atoms with van der Waals surface area (Å²) in [7, 11) is 1.54. The van der Waals surface area contributed by atoms with Crippen LogP contribution in [0.5, 0.6) is 11.5 Å². The predicted octanol–water partition coefficient (Wildman–Crippen LogP) is 5.09. The highest BCUT2D eigenvalue weighted by Crippen LogP contribution is 2.50. The number of aromatic hydroxyl groups is 1. The number of phenolic OH excluding ortho intramolecular Hbond substituents is 1. The minimum absolute atomic E-state index is 0.135. The summed E-state index contributed by atoms with van der Waals surface area (Å²) in [6.45, 7) is 2.35. The molecule has 200 valence electrons. The minimum Gasteiger partial charge on any atom is -0.504 e. The Kier molecular flexibility index (Phi) is 7.93. The molecule has 8 heteroatoms. The second kappa shape index (κ2) is 11.2. The molecule has 0 saturated carbocycles. The number of benzene rings is 2. The number of rotatable bonds is 8. The van der Waals surface area contributed by atoms with E-state index in [0.29, 0.717) is 24.5 Å². The van der Waals surface area contributed by atoms with E-state index in [1.54, 1.807) is 12.1 Å². The smallest absolute Gasteiger partial charge is 0.238 e. The van der Waals surface area contributed by atoms with Crippen molar-refractivity contribution in [2.24, 2.45) is 17.8 Å². The molecule has 2 aromatic rings. The number of aliphatic hydroxyl groups excluding tert-OH is 1. The van der Waals surface area contributed by atoms with Crippen molar-refractivity contribution in [3.63, 3.8) is 0 Å². The number of phenols is 1. The number of hydrogen-bond acceptors (Lipinski definition) is 6. The molecule has 5 rings (SSSR count). The first-order valence-electron chi connectivity index (χ1n) is 13.0. The minimum atomic E-state index is -0.459. The normalized spacial score (nSPS) is 25.2. The van der Waals surface area contributed by atoms with Gasteiger partial charge in [0.25, 0.3) is 0 Å². The number of amides is 2. The molecule has 0 spiro atoms. The molecule has 1 aliphatic carbocycles. The number of methoxy groups -OCH3 is 1. The molecule has 2 saturated heterocycles. The number of fused-ring (bicyclic) bond motifs is 3. The topological polar surface area (TPSA) is 96.3 Å². The van der Waals surface area contributed by atoms with Gasteiger partial charge >= 0.3 is 0 Å². The van der Waals surface area contributed by atoms with Gasteiger partial charge in [-0.05, 0) is 89.2 Å². The molecule has 4 atom stereocenters. The first-order valence-corrected chi connectivity index (χ1v) is 14.1. The number of halogens is 1. The number of carbonyl (C=O) groups excluding carboxylic acids is 2. The van der Waals surface area contributed by atoms with Crippen molar-refractivity contribution in [2.45, 2.75) is 38.7 Å². The van der Waals surface area contributed by atoms with Gasteiger partial charge in [-0.1, -0.05) is 36.8 Å². The SMILES string of the molecule is CC/C(=C\c1cc(I)c(O)c(OC)c1)CC[C@H]1OC[C@H]2C1=C(CO)C[C@H]1C(=O)N(c3ccccc3)C(=O)[C@H]12. The fourth-order valence-corrected chi connectivity index (χ4v) is 6.81. The van der Waals surface area contributed by atoms with E-state index in [0.717, 1.165) is 39.5 Å². The van der Waals surface area contributed by atoms with Crippen molar-refractivity contribution in [1.29, 1.82) is 0 Å². The van der Waals surface area contributed by atoms with E-state index in [-0.39, 0.29) is 36.2 Å². The molecule has 2 heterocycles. The Hall–Kier alpha value is -2.69. The van der Waals surface area contributed by atoms with Crippen molar-refractivity contribution in [3.8, 4) is 11.5 Å². The van der Waals surface area contributed by atoms with Gasteiger partial charge in [-0.3, -0.25) is 14.5 Å². The third-order valence-electron chi connectivity index (χ3n) is 8.04. The fraction of sp³-hybridized carbons (Fsp3) is 0.400. The van der Waals surface area contributed by atoms with E-state index < -0.39 is 11.8 Å². The lowest BCUT2D eigenvalue weighted by atomic mass is 9.69. The van der Waals surface area contributed by atoms with Gasteiger partial charge in [0.2, 0.25) is 11.8 Å². The van der Waals surface area contributed by atoms with Crippen LogP contribution in [0.15, 0.2) is 59.2 Å². The van der Waals surface area contributed by atoms with E-state index in [4.69, 9.17) is 9.47 Å². The summed E-state index contributed by atoms with van der Waals surface area (Å²) >= 11 is 2.09. The molecule has 2 fully saturated rings. The second-order valence-corrected chi connectivity index (χ2v) is 11.2. The van der Waals surface area contributed by atoms with Crippen molar-refractivity contribution < 1.29 is 29.3 Å². The summed E-state index contributed by atoms with van der Waals surface area (Å²) in [5, 5.41) is 20.4. The molecule has 0 bridgehead atoms. The molecule has 3 aliphatic rings. The first kappa shape index (κ1) is 26.9. The number of aliphatic hydroxyl groups is 1. The summed E-state index contributed by atoms with van der Waals surface area (Å²) < 4.78 is 12.3. The zero-order valence-corrected chi connectivity index (χ0v) is 23.7. The Labute approximate surface area is 236 Å². The summed E-state index contributed by atoms with van der Waals surface area (Å²) in [4.78, 5) is 28.2. The zero-order valence-electron chi connectivity index (χ0n) is 21.5. The molecule has 7 nitrogen and oxygen atoms in total. The lowest BCUT2D eigenvalue weighted by molar-refractivity contribution is -0.122. The standard InChI is InChI=1S/C30H32INO6/c1-3-17(11-18-12-23(31)28(34)25(13-18)37-2)9-10-24-26-19(15-33)14-21-27(22(26)16-38-24)30(36)32(29(21)35)20-7-5-4-6-8-20/h4-8,11-13,21-22,24,27,33-34H,3,9-10,14-16H2,1-2H3/b17-11+/t21-,22+,24-,27-/m1/s1. The van der Waals surface area contributed by atoms with Crippen LogP contribution < -0.4 is 9.64 Å². The Morgan fingerprint density at radius 3 is 2.63 bits per heavy atom. The number of imide groups is 1. The number of allylic oxidation sites excluding steroid dienone is 1. The quantitative estimate of drug-likeness (QED) is 0.240. The van der Waals surface area contributed by atoms with Gasteiger partial charge in [-0.2, -0.15) is 0 Å². The van der Waals surface area contributed by atoms with Gasteiger partial charge in [-0.15, -0.1) is 0 Å². The molecule has 2 N–H and O–H groups in total. The van der Waals surface area contributed by atoms with E-state index in [1.807, 2.05) is 30.3 Å². The third kappa shape index (κ3) is 4.78. The molecule has 38 heavy (non-hydrogen) atoms. The molecule has 2 amide bonds. The van der Waals surface area contributed by atoms with Crippen LogP contribution in [0.25, 0.3) is 6.08 Å². The summed E-state index contributed by atoms with van der Waals surface area (Å²) in [6, 6.07) is 12.8. The highest BCUT2D eigenvalue weighted by molar-refractivity contribution is 14.1. The van der Waals surface area contributed by atoms with Gasteiger partial charge in [-0.25, -0.2) is 0 Å². The van der Waals surface area contributed by atoms with Crippen LogP contribution in [0, 0.1) is 21.3 Å². The van der Waals surface area contributed by atoms with Crippen molar-refractivity contribution in [3.05, 3.63) is 68.3 Å². The Morgan fingerprint density at radius 2 is 1.95 bits per heavy atom. The summed E-state index contributed by atoms with van der Waals surface area (Å²) in [6.07, 6.45) is 4.68. The molecular formula is C30H32INO6. The van der Waals surface area contributed by atoms with Crippen molar-refractivity contribution >= 4 is 46.2 Å². The molecule has 2 aromatic carbocycles. The van der Waals surface area contributed by atoms with Crippen LogP contribution in [0.2, 0.25) is 0 Å². The Balaban J connectivity index is 1.36. The monoisotopic (exact) mass is 629 g/mol. The van der Waals surface area contributed by atoms with Crippen LogP contribution in [-0.4, -0.2) is 48.5 Å². The third-order valence-corrected chi connectivity index (χ3v) is 8.86. The maximum Gasteiger partial charge on any atom is 0.238 e. The maximum atomic E-state index is 13.5. The average molecular weight is 629 g/mol. The molecule has 2 aliphatic heterocycles. The van der Waals surface area contributed by atoms with Crippen LogP contribution >= 0.6 is 22.6 Å². The molecule has 0 radical (unpaired) electrons. The number of nitrogens with zero attached hydrogens (tertiary/aromatic N) is 1. The fourth-order valence-electron chi connectivity index (χ4n) is 6.19. The maximum absolute atomic E-state index is 13.5. The van der Waals surface area contributed by atoms with Gasteiger partial charge < -0.3 is 19.7 Å². The first-order chi connectivity index (χ1) is 18.4. The van der Waals surface area contributed by atoms with Crippen LogP contribution in [0.4, 0.5) is 5.69 Å². The lowest BCUT2D eigenvalue weighted by Gasteiger charge is -2.31. The van der Waals surface area contributed by atoms with Crippen LogP contribution in [0.1, 0.15) is 38.2 Å². The van der Waals surface area contributed by atoms with E-state index in [2.05, 4.69) is 35.6 Å². The molecule has 0 aromatic heterocycles. The zero-order chi connectivity index (χ0) is 27.0. The number of ether oxygens (including phenoxy) is 2. The van der Waals surface area contributed by atoms with Gasteiger partial charge in [0.1, 0.15) is 0 Å². The van der Waals surface area contributed by atoms with Crippen molar-refractivity contribution in [1.82, 2.24) is 0 Å². The van der Waals surface area contributed by atoms with E-state index >= 15 is 0 Å². The van der Waals surface area contributed by atoms with Crippen LogP contribution in [-0.2, 0) is 14.3 Å². The number of carbonyl (C=O) groups is 2. The Morgan fingerprint density at radius 1 is 1.18 bits per heavy atom. The number of anilines is 1. The van der Waals surface area contributed by atoms with E-state index in [1.165, 1.54) is 17.6 Å². The Bertz CT molecular complexity index is 1300. The predicted molar refractivity (Wildman–Crippen MR) is 153 cm³/mol. The second-order valence-electron chi connectivity index (χ2n) is 10.1. The number of para-hydroxylation sites is 1. The molecule has 0 unspecified atom stereocenters. The summed E-state index contributed by atoms with van der Waals surface area (Å²) in [5.41, 5.74) is 4.63. The lowest BCUT2D eigenvalue weighted by Crippen LogP contribution is -2.35. The highest BCUT2D eigenvalue weighted by atomic mass is 127. The molecular weight excluding hydrogens is 597 g/mol. The van der Waals surface area contributed by atoms with Crippen molar-refractivity contribution in [2.75, 3.05) is 25.2 Å². The van der Waals surface area contributed by atoms with Gasteiger partial charge in [0.15, 0.2) is 11.5 Å². The van der Waals surface area contributed by atoms with Gasteiger partial charge in [0.05, 0.1) is 47.5 Å². The number of hydrogen-bond donors (Lipinski definition) is 2. The van der Waals surface area contributed by atoms with Crippen LogP contribution in [0.3, 0.4) is 0 Å². The summed E-state index contributed by atoms with van der Waals surface area (Å²) in [5.74, 6) is -0.878. The average Bonchev–Trinajstić information content (AvgIpc) is 3.46. The van der Waals surface area contributed by atoms with E-state index in [9.17, 15) is 19.8 Å². The van der Waals surface area contributed by atoms with Gasteiger partial charge in [0, 0.05) is 5.92 Å².